The van der Waals surface area contributed by atoms with E-state index in [0.29, 0.717) is 12.0 Å². The van der Waals surface area contributed by atoms with E-state index in [1.807, 2.05) is 0 Å². The highest BCUT2D eigenvalue weighted by molar-refractivity contribution is 6.05. The van der Waals surface area contributed by atoms with Crippen LogP contribution in [-0.4, -0.2) is 40.5 Å². The Hall–Kier alpha value is -2.44. The minimum absolute atomic E-state index is 0.0875. The van der Waals surface area contributed by atoms with Crippen LogP contribution in [0.1, 0.15) is 12.0 Å². The maximum absolute atomic E-state index is 13.0. The number of hydrogen-bond acceptors (Lipinski definition) is 3. The van der Waals surface area contributed by atoms with E-state index < -0.39 is 30.4 Å². The second-order valence-corrected chi connectivity index (χ2v) is 4.47. The minimum Gasteiger partial charge on any atom is -0.481 e. The van der Waals surface area contributed by atoms with E-state index in [1.54, 1.807) is 12.1 Å². The molecule has 2 rings (SSSR count). The van der Waals surface area contributed by atoms with Gasteiger partial charge in [-0.25, -0.2) is 9.18 Å². The zero-order valence-corrected chi connectivity index (χ0v) is 10.5. The van der Waals surface area contributed by atoms with Gasteiger partial charge in [0.15, 0.2) is 0 Å². The number of urea groups is 1. The highest BCUT2D eigenvalue weighted by atomic mass is 19.1. The van der Waals surface area contributed by atoms with Crippen LogP contribution in [0.2, 0.25) is 0 Å². The van der Waals surface area contributed by atoms with Gasteiger partial charge in [-0.2, -0.15) is 0 Å². The molecule has 1 saturated heterocycles. The van der Waals surface area contributed by atoms with Crippen molar-refractivity contribution in [2.75, 3.05) is 6.54 Å². The summed E-state index contributed by atoms with van der Waals surface area (Å²) in [6.07, 6.45) is -0.127. The summed E-state index contributed by atoms with van der Waals surface area (Å²) in [5, 5.41) is 11.0. The number of nitrogens with zero attached hydrogens (tertiary/aromatic N) is 1. The number of carboxylic acids is 1. The average molecular weight is 280 g/mol. The molecule has 6 nitrogen and oxygen atoms in total. The highest BCUT2D eigenvalue weighted by Crippen LogP contribution is 2.12. The van der Waals surface area contributed by atoms with Crippen LogP contribution in [0.25, 0.3) is 0 Å². The van der Waals surface area contributed by atoms with Crippen LogP contribution in [0, 0.1) is 5.82 Å². The number of benzene rings is 1. The molecule has 1 aliphatic rings. The van der Waals surface area contributed by atoms with Crippen molar-refractivity contribution in [2.45, 2.75) is 18.9 Å². The van der Waals surface area contributed by atoms with E-state index in [9.17, 15) is 18.8 Å². The molecule has 106 valence electrons. The van der Waals surface area contributed by atoms with E-state index in [1.165, 1.54) is 12.1 Å². The Bertz CT molecular complexity index is 561. The van der Waals surface area contributed by atoms with Crippen LogP contribution < -0.4 is 5.32 Å². The van der Waals surface area contributed by atoms with E-state index in [2.05, 4.69) is 5.32 Å². The Balaban J connectivity index is 1.97. The number of nitrogens with one attached hydrogen (secondary N) is 1. The first-order valence-electron chi connectivity index (χ1n) is 6.05. The second kappa shape index (κ2) is 5.68. The molecule has 0 aromatic heterocycles. The minimum atomic E-state index is -1.16. The summed E-state index contributed by atoms with van der Waals surface area (Å²) in [7, 11) is 0. The summed E-state index contributed by atoms with van der Waals surface area (Å²) in [6, 6.07) is 4.23. The molecule has 1 aromatic carbocycles. The summed E-state index contributed by atoms with van der Waals surface area (Å²) in [5.74, 6) is -2.10. The molecule has 0 unspecified atom stereocenters. The molecular weight excluding hydrogens is 267 g/mol. The Labute approximate surface area is 114 Å². The van der Waals surface area contributed by atoms with Crippen molar-refractivity contribution in [3.63, 3.8) is 0 Å². The van der Waals surface area contributed by atoms with Crippen molar-refractivity contribution >= 4 is 17.9 Å². The van der Waals surface area contributed by atoms with E-state index in [4.69, 9.17) is 5.11 Å². The first-order valence-corrected chi connectivity index (χ1v) is 6.05. The van der Waals surface area contributed by atoms with Gasteiger partial charge in [0.2, 0.25) is 0 Å². The van der Waals surface area contributed by atoms with Gasteiger partial charge in [-0.3, -0.25) is 14.5 Å². The number of carbonyl (C=O) groups excluding carboxylic acids is 2. The lowest BCUT2D eigenvalue weighted by Crippen LogP contribution is -2.34. The van der Waals surface area contributed by atoms with Crippen molar-refractivity contribution in [3.8, 4) is 0 Å². The third-order valence-electron chi connectivity index (χ3n) is 3.00. The fourth-order valence-corrected chi connectivity index (χ4v) is 2.03. The normalized spacial score (nSPS) is 18.2. The number of hydrogen-bond donors (Lipinski definition) is 2. The number of rotatable bonds is 5. The fourth-order valence-electron chi connectivity index (χ4n) is 2.03. The number of aliphatic carboxylic acids is 1. The third-order valence-corrected chi connectivity index (χ3v) is 3.00. The topological polar surface area (TPSA) is 86.7 Å². The van der Waals surface area contributed by atoms with Gasteiger partial charge < -0.3 is 10.4 Å². The van der Waals surface area contributed by atoms with E-state index >= 15 is 0 Å². The molecule has 1 aromatic rings. The van der Waals surface area contributed by atoms with Crippen LogP contribution >= 0.6 is 0 Å². The molecule has 7 heteroatoms. The maximum atomic E-state index is 13.0. The molecule has 0 aliphatic carbocycles. The molecule has 1 heterocycles. The first-order chi connectivity index (χ1) is 9.47. The van der Waals surface area contributed by atoms with Crippen molar-refractivity contribution in [2.24, 2.45) is 0 Å². The zero-order valence-electron chi connectivity index (χ0n) is 10.5. The Kier molecular flexibility index (Phi) is 3.97. The lowest BCUT2D eigenvalue weighted by Gasteiger charge is -2.12. The lowest BCUT2D eigenvalue weighted by atomic mass is 10.1. The van der Waals surface area contributed by atoms with Crippen LogP contribution in [0.5, 0.6) is 0 Å². The quantitative estimate of drug-likeness (QED) is 0.780. The van der Waals surface area contributed by atoms with Crippen LogP contribution in [-0.2, 0) is 16.0 Å². The number of imide groups is 1. The standard InChI is InChI=1S/C13H13FN2O4/c14-9-3-1-2-8(6-9)4-5-16-12(19)10(7-11(17)18)15-13(16)20/h1-3,6,10H,4-5,7H2,(H,15,20)(H,17,18)/t10-/m1/s1. The molecule has 3 amide bonds. The number of halogens is 1. The predicted octanol–water partition coefficient (Wildman–Crippen LogP) is 0.763. The molecule has 0 spiro atoms. The number of carbonyl (C=O) groups is 3. The van der Waals surface area contributed by atoms with Crippen LogP contribution in [0.15, 0.2) is 24.3 Å². The van der Waals surface area contributed by atoms with E-state index in [-0.39, 0.29) is 12.4 Å². The monoisotopic (exact) mass is 280 g/mol. The molecule has 20 heavy (non-hydrogen) atoms. The van der Waals surface area contributed by atoms with Gasteiger partial charge in [0.1, 0.15) is 11.9 Å². The van der Waals surface area contributed by atoms with Gasteiger partial charge in [-0.15, -0.1) is 0 Å². The highest BCUT2D eigenvalue weighted by Gasteiger charge is 2.38. The second-order valence-electron chi connectivity index (χ2n) is 4.47. The van der Waals surface area contributed by atoms with Crippen molar-refractivity contribution in [3.05, 3.63) is 35.6 Å². The van der Waals surface area contributed by atoms with Crippen molar-refractivity contribution in [1.82, 2.24) is 10.2 Å². The van der Waals surface area contributed by atoms with Gasteiger partial charge >= 0.3 is 12.0 Å². The molecule has 0 saturated carbocycles. The van der Waals surface area contributed by atoms with Crippen molar-refractivity contribution in [1.29, 1.82) is 0 Å². The van der Waals surface area contributed by atoms with Gasteiger partial charge in [-0.05, 0) is 24.1 Å². The Morgan fingerprint density at radius 2 is 2.15 bits per heavy atom. The first kappa shape index (κ1) is 14.0. The molecule has 0 radical (unpaired) electrons. The van der Waals surface area contributed by atoms with Gasteiger partial charge in [0, 0.05) is 6.54 Å². The summed E-state index contributed by atoms with van der Waals surface area (Å²) < 4.78 is 13.0. The predicted molar refractivity (Wildman–Crippen MR) is 66.4 cm³/mol. The van der Waals surface area contributed by atoms with E-state index in [0.717, 1.165) is 4.90 Å². The van der Waals surface area contributed by atoms with Gasteiger partial charge in [0.05, 0.1) is 6.42 Å². The molecule has 1 aliphatic heterocycles. The Morgan fingerprint density at radius 3 is 2.80 bits per heavy atom. The zero-order chi connectivity index (χ0) is 14.7. The third kappa shape index (κ3) is 3.11. The average Bonchev–Trinajstić information content (AvgIpc) is 2.62. The van der Waals surface area contributed by atoms with Crippen LogP contribution in [0.4, 0.5) is 9.18 Å². The summed E-state index contributed by atoms with van der Waals surface area (Å²) >= 11 is 0. The smallest absolute Gasteiger partial charge is 0.324 e. The van der Waals surface area contributed by atoms with Crippen molar-refractivity contribution < 1.29 is 23.9 Å². The molecule has 1 atom stereocenters. The van der Waals surface area contributed by atoms with Gasteiger partial charge in [0.25, 0.3) is 5.91 Å². The van der Waals surface area contributed by atoms with Gasteiger partial charge in [-0.1, -0.05) is 12.1 Å². The number of amides is 3. The molecule has 2 N–H and O–H groups in total. The molecule has 0 bridgehead atoms. The molecule has 1 fully saturated rings. The Morgan fingerprint density at radius 1 is 1.40 bits per heavy atom. The largest absolute Gasteiger partial charge is 0.481 e. The lowest BCUT2D eigenvalue weighted by molar-refractivity contribution is -0.140. The molecular formula is C13H13FN2O4. The summed E-state index contributed by atoms with van der Waals surface area (Å²) in [5.41, 5.74) is 0.660. The van der Waals surface area contributed by atoms with Crippen LogP contribution in [0.3, 0.4) is 0 Å². The fraction of sp³-hybridized carbons (Fsp3) is 0.308. The summed E-state index contributed by atoms with van der Waals surface area (Å²) in [6.45, 7) is 0.0875. The maximum Gasteiger partial charge on any atom is 0.324 e. The number of carboxylic acid groups (broad SMARTS) is 1. The SMILES string of the molecule is O=C(O)C[C@H]1NC(=O)N(CCc2cccc(F)c2)C1=O. The summed E-state index contributed by atoms with van der Waals surface area (Å²) in [4.78, 5) is 35.0.